The van der Waals surface area contributed by atoms with E-state index >= 15 is 0 Å². The van der Waals surface area contributed by atoms with Gasteiger partial charge < -0.3 is 4.74 Å². The molecular formula is C12H12N2O3. The van der Waals surface area contributed by atoms with Crippen molar-refractivity contribution in [2.24, 2.45) is 0 Å². The van der Waals surface area contributed by atoms with Crippen molar-refractivity contribution in [2.75, 3.05) is 7.11 Å². The van der Waals surface area contributed by atoms with Crippen LogP contribution in [0, 0.1) is 6.92 Å². The number of hydrogen-bond donors (Lipinski definition) is 2. The molecule has 0 aliphatic heterocycles. The molecule has 0 saturated heterocycles. The summed E-state index contributed by atoms with van der Waals surface area (Å²) in [5.74, 6) is 0.0292. The topological polar surface area (TPSA) is 71.5 Å². The maximum Gasteiger partial charge on any atom is 0.275 e. The minimum atomic E-state index is -0.566. The number of benzene rings is 1. The van der Waals surface area contributed by atoms with E-state index in [-0.39, 0.29) is 0 Å². The summed E-state index contributed by atoms with van der Waals surface area (Å²) in [6.07, 6.45) is 0. The molecule has 0 radical (unpaired) electrons. The average Bonchev–Trinajstić information content (AvgIpc) is 2.36. The van der Waals surface area contributed by atoms with Crippen molar-refractivity contribution >= 4 is 16.8 Å². The van der Waals surface area contributed by atoms with Crippen molar-refractivity contribution in [1.29, 1.82) is 0 Å². The standard InChI is InChI=1S/C12H12N2O3/c1-7-3-4-8-9(12(15)14-16)5-6-10(17-2)11(8)13-7/h3-6,16H,1-2H3,(H,14,15). The van der Waals surface area contributed by atoms with Gasteiger partial charge in [0.25, 0.3) is 5.91 Å². The lowest BCUT2D eigenvalue weighted by Gasteiger charge is -2.09. The van der Waals surface area contributed by atoms with Gasteiger partial charge in [0.1, 0.15) is 11.3 Å². The number of amides is 1. The van der Waals surface area contributed by atoms with Gasteiger partial charge in [0.15, 0.2) is 0 Å². The molecule has 0 aliphatic rings. The number of nitrogens with zero attached hydrogens (tertiary/aromatic N) is 1. The zero-order valence-corrected chi connectivity index (χ0v) is 9.52. The first-order valence-electron chi connectivity index (χ1n) is 5.06. The van der Waals surface area contributed by atoms with Crippen molar-refractivity contribution in [3.05, 3.63) is 35.5 Å². The molecule has 0 saturated carbocycles. The smallest absolute Gasteiger partial charge is 0.275 e. The van der Waals surface area contributed by atoms with Gasteiger partial charge in [-0.15, -0.1) is 0 Å². The number of ether oxygens (including phenoxy) is 1. The molecule has 0 aliphatic carbocycles. The molecule has 88 valence electrons. The Morgan fingerprint density at radius 2 is 2.12 bits per heavy atom. The van der Waals surface area contributed by atoms with Crippen LogP contribution in [-0.2, 0) is 0 Å². The minimum absolute atomic E-state index is 0.357. The SMILES string of the molecule is COc1ccc(C(=O)NO)c2ccc(C)nc12. The number of rotatable bonds is 2. The summed E-state index contributed by atoms with van der Waals surface area (Å²) < 4.78 is 5.19. The van der Waals surface area contributed by atoms with Crippen molar-refractivity contribution in [2.45, 2.75) is 6.92 Å². The largest absolute Gasteiger partial charge is 0.494 e. The van der Waals surface area contributed by atoms with Crippen LogP contribution in [-0.4, -0.2) is 23.2 Å². The fraction of sp³-hybridized carbons (Fsp3) is 0.167. The van der Waals surface area contributed by atoms with E-state index in [1.165, 1.54) is 0 Å². The summed E-state index contributed by atoms with van der Waals surface area (Å²) in [4.78, 5) is 15.8. The first kappa shape index (κ1) is 11.3. The van der Waals surface area contributed by atoms with Crippen LogP contribution in [0.5, 0.6) is 5.75 Å². The minimum Gasteiger partial charge on any atom is -0.494 e. The van der Waals surface area contributed by atoms with Gasteiger partial charge in [-0.2, -0.15) is 0 Å². The zero-order chi connectivity index (χ0) is 12.4. The van der Waals surface area contributed by atoms with Gasteiger partial charge in [-0.3, -0.25) is 10.0 Å². The number of nitrogens with one attached hydrogen (secondary N) is 1. The summed E-state index contributed by atoms with van der Waals surface area (Å²) in [6, 6.07) is 6.82. The predicted molar refractivity (Wildman–Crippen MR) is 62.3 cm³/mol. The molecule has 0 bridgehead atoms. The van der Waals surface area contributed by atoms with Gasteiger partial charge in [-0.1, -0.05) is 6.07 Å². The van der Waals surface area contributed by atoms with Gasteiger partial charge in [0, 0.05) is 11.1 Å². The van der Waals surface area contributed by atoms with E-state index in [2.05, 4.69) is 4.98 Å². The quantitative estimate of drug-likeness (QED) is 0.610. The van der Waals surface area contributed by atoms with E-state index in [4.69, 9.17) is 9.94 Å². The second kappa shape index (κ2) is 4.39. The molecule has 1 aromatic heterocycles. The number of aromatic nitrogens is 1. The Labute approximate surface area is 98.0 Å². The number of hydrogen-bond acceptors (Lipinski definition) is 4. The fourth-order valence-corrected chi connectivity index (χ4v) is 1.71. The molecule has 0 atom stereocenters. The highest BCUT2D eigenvalue weighted by Gasteiger charge is 2.13. The Balaban J connectivity index is 2.77. The molecular weight excluding hydrogens is 220 g/mol. The summed E-state index contributed by atoms with van der Waals surface area (Å²) in [6.45, 7) is 1.86. The Hall–Kier alpha value is -2.14. The van der Waals surface area contributed by atoms with Crippen LogP contribution in [0.2, 0.25) is 0 Å². The van der Waals surface area contributed by atoms with Gasteiger partial charge >= 0.3 is 0 Å². The highest BCUT2D eigenvalue weighted by molar-refractivity contribution is 6.07. The fourth-order valence-electron chi connectivity index (χ4n) is 1.71. The highest BCUT2D eigenvalue weighted by Crippen LogP contribution is 2.27. The second-order valence-corrected chi connectivity index (χ2v) is 3.61. The predicted octanol–water partition coefficient (Wildman–Crippen LogP) is 1.67. The molecule has 1 amide bonds. The molecule has 1 aromatic carbocycles. The number of methoxy groups -OCH3 is 1. The lowest BCUT2D eigenvalue weighted by Crippen LogP contribution is -2.19. The van der Waals surface area contributed by atoms with E-state index in [0.29, 0.717) is 22.2 Å². The van der Waals surface area contributed by atoms with Crippen LogP contribution >= 0.6 is 0 Å². The van der Waals surface area contributed by atoms with Crippen LogP contribution in [0.4, 0.5) is 0 Å². The van der Waals surface area contributed by atoms with Crippen LogP contribution < -0.4 is 10.2 Å². The molecule has 1 heterocycles. The Bertz CT molecular complexity index is 581. The lowest BCUT2D eigenvalue weighted by molar-refractivity contribution is 0.0708. The van der Waals surface area contributed by atoms with Crippen LogP contribution in [0.25, 0.3) is 10.9 Å². The summed E-state index contributed by atoms with van der Waals surface area (Å²) in [7, 11) is 1.55. The van der Waals surface area contributed by atoms with E-state index in [0.717, 1.165) is 5.69 Å². The van der Waals surface area contributed by atoms with E-state index in [1.807, 2.05) is 6.92 Å². The summed E-state index contributed by atoms with van der Waals surface area (Å²) in [5.41, 5.74) is 3.41. The Morgan fingerprint density at radius 1 is 1.35 bits per heavy atom. The second-order valence-electron chi connectivity index (χ2n) is 3.61. The molecule has 17 heavy (non-hydrogen) atoms. The first-order valence-corrected chi connectivity index (χ1v) is 5.06. The number of aryl methyl sites for hydroxylation is 1. The third-order valence-corrected chi connectivity index (χ3v) is 2.53. The molecule has 5 nitrogen and oxygen atoms in total. The molecule has 0 spiro atoms. The molecule has 5 heteroatoms. The maximum atomic E-state index is 11.5. The van der Waals surface area contributed by atoms with Gasteiger partial charge in [0.05, 0.1) is 12.7 Å². The highest BCUT2D eigenvalue weighted by atomic mass is 16.5. The van der Waals surface area contributed by atoms with Crippen molar-refractivity contribution in [3.63, 3.8) is 0 Å². The average molecular weight is 232 g/mol. The summed E-state index contributed by atoms with van der Waals surface area (Å²) in [5, 5.41) is 9.32. The number of carbonyl (C=O) groups is 1. The molecule has 0 unspecified atom stereocenters. The molecule has 2 rings (SSSR count). The Morgan fingerprint density at radius 3 is 2.76 bits per heavy atom. The first-order chi connectivity index (χ1) is 8.17. The lowest BCUT2D eigenvalue weighted by atomic mass is 10.1. The van der Waals surface area contributed by atoms with Crippen molar-refractivity contribution in [3.8, 4) is 5.75 Å². The summed E-state index contributed by atoms with van der Waals surface area (Å²) >= 11 is 0. The van der Waals surface area contributed by atoms with Crippen LogP contribution in [0.15, 0.2) is 24.3 Å². The zero-order valence-electron chi connectivity index (χ0n) is 9.52. The Kier molecular flexibility index (Phi) is 2.93. The van der Waals surface area contributed by atoms with Gasteiger partial charge in [0.2, 0.25) is 0 Å². The van der Waals surface area contributed by atoms with Crippen LogP contribution in [0.1, 0.15) is 16.1 Å². The maximum absolute atomic E-state index is 11.5. The number of pyridine rings is 1. The molecule has 2 N–H and O–H groups in total. The third-order valence-electron chi connectivity index (χ3n) is 2.53. The number of carbonyl (C=O) groups excluding carboxylic acids is 1. The van der Waals surface area contributed by atoms with Crippen LogP contribution in [0.3, 0.4) is 0 Å². The van der Waals surface area contributed by atoms with Crippen molar-refractivity contribution in [1.82, 2.24) is 10.5 Å². The van der Waals surface area contributed by atoms with Crippen molar-refractivity contribution < 1.29 is 14.7 Å². The van der Waals surface area contributed by atoms with Gasteiger partial charge in [-0.25, -0.2) is 10.5 Å². The number of hydroxylamine groups is 1. The van der Waals surface area contributed by atoms with E-state index < -0.39 is 5.91 Å². The van der Waals surface area contributed by atoms with E-state index in [9.17, 15) is 4.79 Å². The number of fused-ring (bicyclic) bond motifs is 1. The normalized spacial score (nSPS) is 10.3. The van der Waals surface area contributed by atoms with E-state index in [1.54, 1.807) is 36.9 Å². The molecule has 0 fully saturated rings. The van der Waals surface area contributed by atoms with Gasteiger partial charge in [-0.05, 0) is 25.1 Å². The third kappa shape index (κ3) is 1.92. The molecule has 2 aromatic rings. The monoisotopic (exact) mass is 232 g/mol.